The Bertz CT molecular complexity index is 1500. The van der Waals surface area contributed by atoms with Gasteiger partial charge in [-0.2, -0.15) is 0 Å². The Morgan fingerprint density at radius 1 is 1.00 bits per heavy atom. The smallest absolute Gasteiger partial charge is 0.322 e. The molecule has 9 heteroatoms. The lowest BCUT2D eigenvalue weighted by atomic mass is 10.2. The normalized spacial score (nSPS) is 11.0. The highest BCUT2D eigenvalue weighted by Gasteiger charge is 2.16. The molecule has 0 saturated heterocycles. The minimum atomic E-state index is -0.531. The first-order chi connectivity index (χ1) is 17.0. The highest BCUT2D eigenvalue weighted by molar-refractivity contribution is 5.90. The van der Waals surface area contributed by atoms with Gasteiger partial charge in [0.1, 0.15) is 17.6 Å². The van der Waals surface area contributed by atoms with Gasteiger partial charge >= 0.3 is 6.01 Å². The molecule has 0 unspecified atom stereocenters. The Balaban J connectivity index is 1.46. The Morgan fingerprint density at radius 3 is 2.57 bits per heavy atom. The van der Waals surface area contributed by atoms with Crippen molar-refractivity contribution in [3.05, 3.63) is 89.9 Å². The maximum absolute atomic E-state index is 15.0. The fourth-order valence-electron chi connectivity index (χ4n) is 3.77. The van der Waals surface area contributed by atoms with Gasteiger partial charge in [0, 0.05) is 36.4 Å². The predicted octanol–water partition coefficient (Wildman–Crippen LogP) is 5.38. The van der Waals surface area contributed by atoms with Gasteiger partial charge in [-0.1, -0.05) is 12.1 Å². The molecule has 1 N–H and O–H groups in total. The topological polar surface area (TPSA) is 87.0 Å². The van der Waals surface area contributed by atoms with E-state index in [1.807, 2.05) is 48.9 Å². The van der Waals surface area contributed by atoms with E-state index >= 15 is 4.39 Å². The van der Waals surface area contributed by atoms with Gasteiger partial charge in [0.15, 0.2) is 17.4 Å². The van der Waals surface area contributed by atoms with Crippen molar-refractivity contribution in [2.45, 2.75) is 20.4 Å². The van der Waals surface area contributed by atoms with Gasteiger partial charge in [-0.3, -0.25) is 0 Å². The summed E-state index contributed by atoms with van der Waals surface area (Å²) < 4.78 is 27.7. The summed E-state index contributed by atoms with van der Waals surface area (Å²) in [7, 11) is 1.64. The molecule has 0 radical (unpaired) electrons. The third-order valence-corrected chi connectivity index (χ3v) is 5.55. The molecule has 0 amide bonds. The minimum absolute atomic E-state index is 0.0432. The van der Waals surface area contributed by atoms with Crippen molar-refractivity contribution in [3.63, 3.8) is 0 Å². The van der Waals surface area contributed by atoms with Crippen LogP contribution in [0.5, 0.6) is 17.5 Å². The summed E-state index contributed by atoms with van der Waals surface area (Å²) in [5.74, 6) is 0.956. The van der Waals surface area contributed by atoms with E-state index in [1.165, 1.54) is 12.4 Å². The van der Waals surface area contributed by atoms with Crippen LogP contribution in [0.15, 0.2) is 67.3 Å². The number of nitrogens with one attached hydrogen (secondary N) is 1. The number of benzene rings is 2. The quantitative estimate of drug-likeness (QED) is 0.342. The highest BCUT2D eigenvalue weighted by Crippen LogP contribution is 2.30. The summed E-state index contributed by atoms with van der Waals surface area (Å²) in [6, 6.07) is 14.4. The van der Waals surface area contributed by atoms with E-state index in [-0.39, 0.29) is 11.8 Å². The number of nitrogens with zero attached hydrogens (tertiary/aromatic N) is 5. The molecular weight excluding hydrogens is 447 g/mol. The standard InChI is InChI=1S/C26H23FN6O2/c1-16-14-33(19-6-9-22(21(27)12-19)35-26-28-11-10-17(2)32-26)24-23(16)30-15-31-25(24)29-13-18-4-7-20(34-3)8-5-18/h4-12,14-15H,13H2,1-3H3,(H,29,30,31). The molecule has 0 atom stereocenters. The highest BCUT2D eigenvalue weighted by atomic mass is 19.1. The van der Waals surface area contributed by atoms with Crippen molar-refractivity contribution in [1.82, 2.24) is 24.5 Å². The molecule has 176 valence electrons. The van der Waals surface area contributed by atoms with E-state index in [1.54, 1.807) is 31.5 Å². The molecule has 0 spiro atoms. The maximum atomic E-state index is 15.0. The Labute approximate surface area is 201 Å². The van der Waals surface area contributed by atoms with Crippen LogP contribution in [-0.2, 0) is 6.54 Å². The van der Waals surface area contributed by atoms with Crippen LogP contribution in [0.1, 0.15) is 16.8 Å². The molecule has 0 saturated carbocycles. The fraction of sp³-hybridized carbons (Fsp3) is 0.154. The molecule has 8 nitrogen and oxygen atoms in total. The molecule has 0 bridgehead atoms. The van der Waals surface area contributed by atoms with Crippen molar-refractivity contribution < 1.29 is 13.9 Å². The van der Waals surface area contributed by atoms with Crippen molar-refractivity contribution in [3.8, 4) is 23.2 Å². The van der Waals surface area contributed by atoms with Crippen LogP contribution < -0.4 is 14.8 Å². The fourth-order valence-corrected chi connectivity index (χ4v) is 3.77. The maximum Gasteiger partial charge on any atom is 0.322 e. The summed E-state index contributed by atoms with van der Waals surface area (Å²) in [5.41, 5.74) is 4.90. The van der Waals surface area contributed by atoms with Gasteiger partial charge in [-0.05, 0) is 55.3 Å². The van der Waals surface area contributed by atoms with Gasteiger partial charge in [0.2, 0.25) is 0 Å². The van der Waals surface area contributed by atoms with E-state index in [4.69, 9.17) is 9.47 Å². The van der Waals surface area contributed by atoms with E-state index in [9.17, 15) is 0 Å². The summed E-state index contributed by atoms with van der Waals surface area (Å²) >= 11 is 0. The van der Waals surface area contributed by atoms with Crippen LogP contribution in [0.4, 0.5) is 10.2 Å². The number of rotatable bonds is 7. The summed E-state index contributed by atoms with van der Waals surface area (Å²) in [4.78, 5) is 17.1. The number of aryl methyl sites for hydroxylation is 2. The summed E-state index contributed by atoms with van der Waals surface area (Å²) in [6.45, 7) is 4.33. The van der Waals surface area contributed by atoms with Crippen LogP contribution in [0.3, 0.4) is 0 Å². The van der Waals surface area contributed by atoms with Crippen molar-refractivity contribution in [2.75, 3.05) is 12.4 Å². The van der Waals surface area contributed by atoms with Gasteiger partial charge in [-0.15, -0.1) is 0 Å². The van der Waals surface area contributed by atoms with Gasteiger partial charge in [0.25, 0.3) is 0 Å². The largest absolute Gasteiger partial charge is 0.497 e. The first-order valence-corrected chi connectivity index (χ1v) is 11.0. The number of halogens is 1. The molecule has 5 rings (SSSR count). The van der Waals surface area contributed by atoms with Crippen molar-refractivity contribution >= 4 is 16.9 Å². The van der Waals surface area contributed by atoms with Crippen LogP contribution >= 0.6 is 0 Å². The lowest BCUT2D eigenvalue weighted by Gasteiger charge is -2.12. The van der Waals surface area contributed by atoms with Crippen molar-refractivity contribution in [2.24, 2.45) is 0 Å². The minimum Gasteiger partial charge on any atom is -0.497 e. The number of ether oxygens (including phenoxy) is 2. The van der Waals surface area contributed by atoms with E-state index in [2.05, 4.69) is 25.3 Å². The molecule has 5 aromatic rings. The molecule has 3 aromatic heterocycles. The van der Waals surface area contributed by atoms with E-state index in [0.29, 0.717) is 18.1 Å². The van der Waals surface area contributed by atoms with E-state index < -0.39 is 5.82 Å². The second-order valence-electron chi connectivity index (χ2n) is 8.00. The Kier molecular flexibility index (Phi) is 5.97. The number of methoxy groups -OCH3 is 1. The monoisotopic (exact) mass is 470 g/mol. The first-order valence-electron chi connectivity index (χ1n) is 11.0. The third-order valence-electron chi connectivity index (χ3n) is 5.55. The molecule has 35 heavy (non-hydrogen) atoms. The number of aromatic nitrogens is 5. The molecule has 3 heterocycles. The first kappa shape index (κ1) is 22.3. The van der Waals surface area contributed by atoms with Crippen LogP contribution in [0, 0.1) is 19.7 Å². The number of anilines is 1. The second-order valence-corrected chi connectivity index (χ2v) is 8.00. The molecule has 0 fully saturated rings. The lowest BCUT2D eigenvalue weighted by Crippen LogP contribution is -2.05. The molecule has 0 aliphatic carbocycles. The van der Waals surface area contributed by atoms with Gasteiger partial charge in [0.05, 0.1) is 12.6 Å². The Morgan fingerprint density at radius 2 is 1.83 bits per heavy atom. The molecule has 0 aliphatic heterocycles. The van der Waals surface area contributed by atoms with Gasteiger partial charge in [-0.25, -0.2) is 24.3 Å². The lowest BCUT2D eigenvalue weighted by molar-refractivity contribution is 0.410. The van der Waals surface area contributed by atoms with Crippen LogP contribution in [-0.4, -0.2) is 31.6 Å². The zero-order chi connectivity index (χ0) is 24.4. The van der Waals surface area contributed by atoms with Crippen molar-refractivity contribution in [1.29, 1.82) is 0 Å². The van der Waals surface area contributed by atoms with Crippen LogP contribution in [0.25, 0.3) is 16.7 Å². The van der Waals surface area contributed by atoms with Crippen LogP contribution in [0.2, 0.25) is 0 Å². The average Bonchev–Trinajstić information content (AvgIpc) is 3.21. The SMILES string of the molecule is COc1ccc(CNc2ncnc3c(C)cn(-c4ccc(Oc5nccc(C)n5)c(F)c4)c23)cc1. The van der Waals surface area contributed by atoms with Gasteiger partial charge < -0.3 is 19.4 Å². The Hall–Kier alpha value is -4.53. The number of hydrogen-bond acceptors (Lipinski definition) is 7. The predicted molar refractivity (Wildman–Crippen MR) is 131 cm³/mol. The zero-order valence-corrected chi connectivity index (χ0v) is 19.5. The number of hydrogen-bond donors (Lipinski definition) is 1. The van der Waals surface area contributed by atoms with E-state index in [0.717, 1.165) is 33.6 Å². The summed E-state index contributed by atoms with van der Waals surface area (Å²) in [6.07, 6.45) is 5.01. The second kappa shape index (κ2) is 9.38. The summed E-state index contributed by atoms with van der Waals surface area (Å²) in [5, 5.41) is 3.38. The third kappa shape index (κ3) is 4.61. The average molecular weight is 471 g/mol. The molecule has 2 aromatic carbocycles. The molecular formula is C26H23FN6O2. The number of fused-ring (bicyclic) bond motifs is 1. The molecule has 0 aliphatic rings. The zero-order valence-electron chi connectivity index (χ0n) is 19.5.